The Hall–Kier alpha value is -3.25. The highest BCUT2D eigenvalue weighted by atomic mass is 16.5. The number of morpholine rings is 1. The lowest BCUT2D eigenvalue weighted by atomic mass is 10.0. The van der Waals surface area contributed by atoms with Gasteiger partial charge in [0.25, 0.3) is 5.91 Å². The first kappa shape index (κ1) is 18.8. The van der Waals surface area contributed by atoms with Crippen molar-refractivity contribution in [3.05, 3.63) is 77.6 Å². The minimum Gasteiger partial charge on any atom is -0.378 e. The van der Waals surface area contributed by atoms with E-state index in [4.69, 9.17) is 9.72 Å². The summed E-state index contributed by atoms with van der Waals surface area (Å²) in [5.41, 5.74) is 5.05. The molecule has 0 N–H and O–H groups in total. The summed E-state index contributed by atoms with van der Waals surface area (Å²) >= 11 is 0. The Bertz CT molecular complexity index is 1030. The molecule has 0 atom stereocenters. The SMILES string of the molecule is O=C(c1ccc(-c2ccccc2)cc1)N1CCc2cnc(N3CCOCC3)nc2C1. The van der Waals surface area contributed by atoms with E-state index in [1.54, 1.807) is 0 Å². The number of hydrogen-bond acceptors (Lipinski definition) is 5. The highest BCUT2D eigenvalue weighted by Crippen LogP contribution is 2.23. The molecule has 2 aromatic carbocycles. The number of carbonyl (C=O) groups excluding carboxylic acids is 1. The van der Waals surface area contributed by atoms with Gasteiger partial charge in [-0.3, -0.25) is 4.79 Å². The molecule has 2 aliphatic heterocycles. The van der Waals surface area contributed by atoms with Crippen molar-refractivity contribution in [1.29, 1.82) is 0 Å². The number of rotatable bonds is 3. The summed E-state index contributed by atoms with van der Waals surface area (Å²) in [6, 6.07) is 18.0. The first-order chi connectivity index (χ1) is 14.8. The van der Waals surface area contributed by atoms with E-state index in [-0.39, 0.29) is 5.91 Å². The summed E-state index contributed by atoms with van der Waals surface area (Å²) < 4.78 is 5.42. The van der Waals surface area contributed by atoms with Crippen molar-refractivity contribution >= 4 is 11.9 Å². The van der Waals surface area contributed by atoms with E-state index in [1.807, 2.05) is 53.6 Å². The Labute approximate surface area is 176 Å². The van der Waals surface area contributed by atoms with E-state index in [9.17, 15) is 4.79 Å². The van der Waals surface area contributed by atoms with Crippen LogP contribution in [0.3, 0.4) is 0 Å². The Morgan fingerprint density at radius 2 is 1.63 bits per heavy atom. The molecule has 0 bridgehead atoms. The second kappa shape index (κ2) is 8.24. The van der Waals surface area contributed by atoms with Gasteiger partial charge >= 0.3 is 0 Å². The van der Waals surface area contributed by atoms with Gasteiger partial charge in [-0.1, -0.05) is 42.5 Å². The molecule has 0 aliphatic carbocycles. The third-order valence-electron chi connectivity index (χ3n) is 5.75. The molecule has 30 heavy (non-hydrogen) atoms. The molecule has 5 rings (SSSR count). The fourth-order valence-corrected chi connectivity index (χ4v) is 4.00. The molecule has 1 amide bonds. The van der Waals surface area contributed by atoms with Crippen LogP contribution >= 0.6 is 0 Å². The summed E-state index contributed by atoms with van der Waals surface area (Å²) in [4.78, 5) is 26.5. The first-order valence-electron chi connectivity index (χ1n) is 10.4. The third kappa shape index (κ3) is 3.78. The molecule has 0 unspecified atom stereocenters. The van der Waals surface area contributed by atoms with Crippen molar-refractivity contribution in [1.82, 2.24) is 14.9 Å². The van der Waals surface area contributed by atoms with Crippen LogP contribution in [0.25, 0.3) is 11.1 Å². The minimum absolute atomic E-state index is 0.0480. The molecule has 3 aromatic rings. The highest BCUT2D eigenvalue weighted by molar-refractivity contribution is 5.94. The van der Waals surface area contributed by atoms with E-state index >= 15 is 0 Å². The van der Waals surface area contributed by atoms with Gasteiger partial charge in [0.2, 0.25) is 5.95 Å². The largest absolute Gasteiger partial charge is 0.378 e. The first-order valence-corrected chi connectivity index (χ1v) is 10.4. The van der Waals surface area contributed by atoms with Crippen LogP contribution in [0.2, 0.25) is 0 Å². The van der Waals surface area contributed by atoms with Gasteiger partial charge < -0.3 is 14.5 Å². The van der Waals surface area contributed by atoms with Gasteiger partial charge in [-0.2, -0.15) is 0 Å². The zero-order valence-corrected chi connectivity index (χ0v) is 16.8. The number of amides is 1. The Balaban J connectivity index is 1.32. The number of anilines is 1. The Morgan fingerprint density at radius 1 is 0.900 bits per heavy atom. The lowest BCUT2D eigenvalue weighted by molar-refractivity contribution is 0.0731. The number of ether oxygens (including phenoxy) is 1. The van der Waals surface area contributed by atoms with Crippen LogP contribution in [0, 0.1) is 0 Å². The van der Waals surface area contributed by atoms with Crippen LogP contribution < -0.4 is 4.90 Å². The molecule has 0 saturated carbocycles. The number of aromatic nitrogens is 2. The van der Waals surface area contributed by atoms with Crippen LogP contribution in [0.15, 0.2) is 60.8 Å². The summed E-state index contributed by atoms with van der Waals surface area (Å²) in [5.74, 6) is 0.783. The summed E-state index contributed by atoms with van der Waals surface area (Å²) in [5, 5.41) is 0. The number of carbonyl (C=O) groups is 1. The van der Waals surface area contributed by atoms with Crippen LogP contribution in [0.5, 0.6) is 0 Å². The quantitative estimate of drug-likeness (QED) is 0.676. The van der Waals surface area contributed by atoms with Crippen molar-refractivity contribution in [2.75, 3.05) is 37.7 Å². The third-order valence-corrected chi connectivity index (χ3v) is 5.75. The van der Waals surface area contributed by atoms with Crippen molar-refractivity contribution in [3.8, 4) is 11.1 Å². The van der Waals surface area contributed by atoms with E-state index in [0.29, 0.717) is 31.9 Å². The topological polar surface area (TPSA) is 58.6 Å². The predicted molar refractivity (Wildman–Crippen MR) is 115 cm³/mol. The smallest absolute Gasteiger partial charge is 0.254 e. The zero-order chi connectivity index (χ0) is 20.3. The molecule has 152 valence electrons. The average molecular weight is 400 g/mol. The number of hydrogen-bond donors (Lipinski definition) is 0. The number of benzene rings is 2. The maximum absolute atomic E-state index is 13.1. The van der Waals surface area contributed by atoms with Crippen molar-refractivity contribution in [3.63, 3.8) is 0 Å². The minimum atomic E-state index is 0.0480. The van der Waals surface area contributed by atoms with Crippen LogP contribution in [0.1, 0.15) is 21.6 Å². The molecular formula is C24H24N4O2. The average Bonchev–Trinajstić information content (AvgIpc) is 2.84. The second-order valence-electron chi connectivity index (χ2n) is 7.66. The molecule has 6 nitrogen and oxygen atoms in total. The molecule has 3 heterocycles. The van der Waals surface area contributed by atoms with Gasteiger partial charge in [-0.25, -0.2) is 9.97 Å². The van der Waals surface area contributed by atoms with E-state index < -0.39 is 0 Å². The monoisotopic (exact) mass is 400 g/mol. The molecule has 0 radical (unpaired) electrons. The predicted octanol–water partition coefficient (Wildman–Crippen LogP) is 3.18. The molecule has 2 aliphatic rings. The van der Waals surface area contributed by atoms with Crippen LogP contribution in [0.4, 0.5) is 5.95 Å². The Kier molecular flexibility index (Phi) is 5.15. The second-order valence-corrected chi connectivity index (χ2v) is 7.66. The molecular weight excluding hydrogens is 376 g/mol. The number of fused-ring (bicyclic) bond motifs is 1. The zero-order valence-electron chi connectivity index (χ0n) is 16.8. The van der Waals surface area contributed by atoms with E-state index in [1.165, 1.54) is 0 Å². The summed E-state index contributed by atoms with van der Waals surface area (Å²) in [6.45, 7) is 4.21. The van der Waals surface area contributed by atoms with Gasteiger partial charge in [-0.15, -0.1) is 0 Å². The molecule has 1 saturated heterocycles. The molecule has 1 fully saturated rings. The molecule has 1 aromatic heterocycles. The van der Waals surface area contributed by atoms with Crippen molar-refractivity contribution < 1.29 is 9.53 Å². The van der Waals surface area contributed by atoms with E-state index in [2.05, 4.69) is 22.0 Å². The van der Waals surface area contributed by atoms with Gasteiger partial charge in [0.15, 0.2) is 0 Å². The normalized spacial score (nSPS) is 16.3. The van der Waals surface area contributed by atoms with Gasteiger partial charge in [-0.05, 0) is 35.2 Å². The standard InChI is InChI=1S/C24H24N4O2/c29-23(20-8-6-19(7-9-20)18-4-2-1-3-5-18)28-11-10-21-16-25-24(26-22(21)17-28)27-12-14-30-15-13-27/h1-9,16H,10-15,17H2. The van der Waals surface area contributed by atoms with Gasteiger partial charge in [0.05, 0.1) is 25.5 Å². The van der Waals surface area contributed by atoms with Gasteiger partial charge in [0.1, 0.15) is 0 Å². The molecule has 6 heteroatoms. The maximum Gasteiger partial charge on any atom is 0.254 e. The summed E-state index contributed by atoms with van der Waals surface area (Å²) in [6.07, 6.45) is 2.70. The number of nitrogens with zero attached hydrogens (tertiary/aromatic N) is 4. The molecule has 0 spiro atoms. The summed E-state index contributed by atoms with van der Waals surface area (Å²) in [7, 11) is 0. The fourth-order valence-electron chi connectivity index (χ4n) is 4.00. The van der Waals surface area contributed by atoms with Crippen LogP contribution in [-0.4, -0.2) is 53.6 Å². The lowest BCUT2D eigenvalue weighted by Crippen LogP contribution is -2.39. The lowest BCUT2D eigenvalue weighted by Gasteiger charge is -2.30. The highest BCUT2D eigenvalue weighted by Gasteiger charge is 2.24. The maximum atomic E-state index is 13.1. The van der Waals surface area contributed by atoms with Crippen LogP contribution in [-0.2, 0) is 17.7 Å². The van der Waals surface area contributed by atoms with Crippen molar-refractivity contribution in [2.24, 2.45) is 0 Å². The Morgan fingerprint density at radius 3 is 2.40 bits per heavy atom. The van der Waals surface area contributed by atoms with Gasteiger partial charge in [0, 0.05) is 31.4 Å². The fraction of sp³-hybridized carbons (Fsp3) is 0.292. The van der Waals surface area contributed by atoms with Crippen molar-refractivity contribution in [2.45, 2.75) is 13.0 Å². The van der Waals surface area contributed by atoms with E-state index in [0.717, 1.165) is 47.8 Å².